The van der Waals surface area contributed by atoms with Crippen LogP contribution in [0.3, 0.4) is 0 Å². The Morgan fingerprint density at radius 3 is 2.26 bits per heavy atom. The minimum absolute atomic E-state index is 0. The Hall–Kier alpha value is -1.93. The Morgan fingerprint density at radius 1 is 0.907 bits per heavy atom. The molecule has 222 valence electrons. The van der Waals surface area contributed by atoms with E-state index >= 15 is 0 Å². The van der Waals surface area contributed by atoms with Gasteiger partial charge in [0.2, 0.25) is 0 Å². The molecule has 0 bridgehead atoms. The summed E-state index contributed by atoms with van der Waals surface area (Å²) in [6, 6.07) is 25.0. The van der Waals surface area contributed by atoms with E-state index in [2.05, 4.69) is 65.6 Å². The normalized spacial score (nSPS) is 11.6. The zero-order chi connectivity index (χ0) is 29.5. The summed E-state index contributed by atoms with van der Waals surface area (Å²) >= 11 is 18.5. The summed E-state index contributed by atoms with van der Waals surface area (Å²) in [6.07, 6.45) is 3.30. The number of benzene rings is 4. The number of rotatable bonds is 7. The van der Waals surface area contributed by atoms with Gasteiger partial charge in [-0.05, 0) is 93.8 Å². The molecular weight excluding hydrogens is 635 g/mol. The van der Waals surface area contributed by atoms with Crippen LogP contribution in [0.1, 0.15) is 33.5 Å². The van der Waals surface area contributed by atoms with E-state index in [-0.39, 0.29) is 47.5 Å². The van der Waals surface area contributed by atoms with E-state index in [1.807, 2.05) is 13.0 Å². The van der Waals surface area contributed by atoms with Gasteiger partial charge in [-0.3, -0.25) is 0 Å². The van der Waals surface area contributed by atoms with Crippen molar-refractivity contribution in [2.45, 2.75) is 26.2 Å². The SMILES string of the molecule is CN(C)CCCN1c2ccccc2CCc2ccc(Cl)cc21.Cc1ccc(Cl)c(Nc2ccccc2C(=O)[O-])c1Cl.Cl.[Na+]. The number of hydrogen-bond donors (Lipinski definition) is 1. The van der Waals surface area contributed by atoms with Gasteiger partial charge in [0.1, 0.15) is 0 Å². The average Bonchev–Trinajstić information content (AvgIpc) is 3.10. The Kier molecular flexibility index (Phi) is 15.2. The molecule has 0 radical (unpaired) electrons. The predicted molar refractivity (Wildman–Crippen MR) is 178 cm³/mol. The molecule has 0 aromatic heterocycles. The molecule has 5 rings (SSSR count). The van der Waals surface area contributed by atoms with Crippen LogP contribution in [0, 0.1) is 6.92 Å². The molecule has 0 aliphatic carbocycles. The van der Waals surface area contributed by atoms with Crippen LogP contribution in [0.15, 0.2) is 78.9 Å². The largest absolute Gasteiger partial charge is 1.00 e. The van der Waals surface area contributed by atoms with Gasteiger partial charge in [-0.25, -0.2) is 0 Å². The molecule has 4 aromatic carbocycles. The molecule has 0 spiro atoms. The number of halogens is 4. The van der Waals surface area contributed by atoms with Crippen LogP contribution in [0.4, 0.5) is 22.7 Å². The molecule has 10 heteroatoms. The van der Waals surface area contributed by atoms with Crippen molar-refractivity contribution in [2.24, 2.45) is 0 Å². The van der Waals surface area contributed by atoms with Crippen molar-refractivity contribution >= 4 is 75.9 Å². The first-order valence-corrected chi connectivity index (χ1v) is 14.6. The molecule has 0 saturated carbocycles. The van der Waals surface area contributed by atoms with Gasteiger partial charge >= 0.3 is 29.6 Å². The van der Waals surface area contributed by atoms with E-state index < -0.39 is 5.97 Å². The number of aromatic carboxylic acids is 1. The molecule has 4 aromatic rings. The van der Waals surface area contributed by atoms with Crippen LogP contribution >= 0.6 is 47.2 Å². The molecule has 1 aliphatic heterocycles. The molecule has 0 saturated heterocycles. The molecule has 1 N–H and O–H groups in total. The third kappa shape index (κ3) is 9.78. The van der Waals surface area contributed by atoms with Crippen LogP contribution < -0.4 is 44.9 Å². The van der Waals surface area contributed by atoms with Gasteiger partial charge in [0.25, 0.3) is 0 Å². The molecule has 43 heavy (non-hydrogen) atoms. The van der Waals surface area contributed by atoms with Crippen molar-refractivity contribution in [3.63, 3.8) is 0 Å². The van der Waals surface area contributed by atoms with Gasteiger partial charge in [-0.1, -0.05) is 83.3 Å². The quantitative estimate of drug-likeness (QED) is 0.269. The number of hydrogen-bond acceptors (Lipinski definition) is 5. The van der Waals surface area contributed by atoms with E-state index in [1.165, 1.54) is 28.6 Å². The maximum atomic E-state index is 11.0. The summed E-state index contributed by atoms with van der Waals surface area (Å²) < 4.78 is 0. The van der Waals surface area contributed by atoms with Crippen LogP contribution in [-0.2, 0) is 12.8 Å². The van der Waals surface area contributed by atoms with E-state index in [4.69, 9.17) is 34.8 Å². The first-order chi connectivity index (χ1) is 19.7. The summed E-state index contributed by atoms with van der Waals surface area (Å²) in [5.74, 6) is -1.26. The molecule has 0 amide bonds. The monoisotopic (exact) mass is 667 g/mol. The Labute approximate surface area is 297 Å². The van der Waals surface area contributed by atoms with Gasteiger partial charge in [0.15, 0.2) is 0 Å². The van der Waals surface area contributed by atoms with Crippen molar-refractivity contribution in [3.8, 4) is 0 Å². The zero-order valence-corrected chi connectivity index (χ0v) is 29.9. The summed E-state index contributed by atoms with van der Waals surface area (Å²) in [5.41, 5.74) is 7.20. The van der Waals surface area contributed by atoms with Gasteiger partial charge in [-0.15, -0.1) is 12.4 Å². The minimum atomic E-state index is -1.26. The number of fused-ring (bicyclic) bond motifs is 2. The average molecular weight is 669 g/mol. The number of aryl methyl sites for hydroxylation is 3. The second-order valence-corrected chi connectivity index (χ2v) is 11.4. The number of carbonyl (C=O) groups excluding carboxylic acids is 1. The first kappa shape index (κ1) is 37.3. The standard InChI is InChI=1S/C19H23ClN2.C14H11Cl2NO2.ClH.Na/c1-21(2)12-5-13-22-18-7-4-3-6-15(18)8-9-16-10-11-17(20)14-19(16)22;1-8-6-7-10(15)13(12(8)16)17-11-5-3-2-4-9(11)14(18)19;;/h3-4,6-7,10-11,14H,5,8-9,12-13H2,1-2H3;2-7,17H,1H3,(H,18,19);1H;/q;;;+1/p-1. The number of nitrogens with one attached hydrogen (secondary N) is 1. The van der Waals surface area contributed by atoms with Gasteiger partial charge in [0, 0.05) is 34.2 Å². The van der Waals surface area contributed by atoms with Crippen LogP contribution in [0.2, 0.25) is 15.1 Å². The maximum Gasteiger partial charge on any atom is 1.00 e. The first-order valence-electron chi connectivity index (χ1n) is 13.5. The number of carbonyl (C=O) groups is 1. The van der Waals surface area contributed by atoms with Crippen molar-refractivity contribution in [3.05, 3.63) is 116 Å². The number of nitrogens with zero attached hydrogens (tertiary/aromatic N) is 2. The smallest absolute Gasteiger partial charge is 0.545 e. The van der Waals surface area contributed by atoms with E-state index in [1.54, 1.807) is 30.3 Å². The number of para-hydroxylation sites is 2. The van der Waals surface area contributed by atoms with E-state index in [0.717, 1.165) is 42.9 Å². The Bertz CT molecular complexity index is 1530. The minimum Gasteiger partial charge on any atom is -0.545 e. The van der Waals surface area contributed by atoms with Crippen LogP contribution in [0.25, 0.3) is 0 Å². The van der Waals surface area contributed by atoms with Gasteiger partial charge in [-0.2, -0.15) is 0 Å². The van der Waals surface area contributed by atoms with E-state index in [9.17, 15) is 9.90 Å². The van der Waals surface area contributed by atoms with Crippen molar-refractivity contribution in [1.82, 2.24) is 4.90 Å². The van der Waals surface area contributed by atoms with Crippen molar-refractivity contribution < 1.29 is 39.5 Å². The van der Waals surface area contributed by atoms with Crippen molar-refractivity contribution in [2.75, 3.05) is 37.4 Å². The molecule has 0 atom stereocenters. The topological polar surface area (TPSA) is 58.6 Å². The second-order valence-electron chi connectivity index (χ2n) is 10.2. The van der Waals surface area contributed by atoms with Gasteiger partial charge < -0.3 is 25.0 Å². The molecule has 1 aliphatic rings. The fourth-order valence-electron chi connectivity index (χ4n) is 4.85. The summed E-state index contributed by atoms with van der Waals surface area (Å²) in [5, 5.41) is 15.7. The number of anilines is 4. The summed E-state index contributed by atoms with van der Waals surface area (Å²) in [7, 11) is 4.25. The molecule has 1 heterocycles. The molecule has 5 nitrogen and oxygen atoms in total. The Balaban J connectivity index is 0.000000290. The molecule has 0 unspecified atom stereocenters. The Morgan fingerprint density at radius 2 is 1.56 bits per heavy atom. The third-order valence-corrected chi connectivity index (χ3v) is 8.00. The summed E-state index contributed by atoms with van der Waals surface area (Å²) in [6.45, 7) is 3.95. The van der Waals surface area contributed by atoms with Gasteiger partial charge in [0.05, 0.1) is 21.7 Å². The maximum absolute atomic E-state index is 11.0. The second kappa shape index (κ2) is 17.5. The summed E-state index contributed by atoms with van der Waals surface area (Å²) in [4.78, 5) is 15.7. The fourth-order valence-corrected chi connectivity index (χ4v) is 5.48. The predicted octanol–water partition coefficient (Wildman–Crippen LogP) is 5.36. The molecule has 0 fully saturated rings. The van der Waals surface area contributed by atoms with E-state index in [0.29, 0.717) is 21.4 Å². The number of carboxylic acid groups (broad SMARTS) is 1. The van der Waals surface area contributed by atoms with Crippen LogP contribution in [-0.4, -0.2) is 38.1 Å². The third-order valence-electron chi connectivity index (χ3n) is 6.96. The molecular formula is C33H34Cl4N3NaO2. The van der Waals surface area contributed by atoms with Crippen LogP contribution in [0.5, 0.6) is 0 Å². The zero-order valence-electron chi connectivity index (χ0n) is 24.8. The van der Waals surface area contributed by atoms with Crippen molar-refractivity contribution in [1.29, 1.82) is 0 Å². The fraction of sp³-hybridized carbons (Fsp3) is 0.242. The number of carboxylic acids is 1.